The van der Waals surface area contributed by atoms with Crippen molar-refractivity contribution in [2.75, 3.05) is 4.90 Å². The maximum absolute atomic E-state index is 14.0. The van der Waals surface area contributed by atoms with Gasteiger partial charge in [-0.05, 0) is 62.7 Å². The van der Waals surface area contributed by atoms with Gasteiger partial charge in [-0.1, -0.05) is 31.0 Å². The lowest BCUT2D eigenvalue weighted by Crippen LogP contribution is -2.39. The predicted octanol–water partition coefficient (Wildman–Crippen LogP) is 4.10. The van der Waals surface area contributed by atoms with Crippen LogP contribution in [0.4, 0.5) is 10.1 Å². The number of H-pyrrole nitrogens is 1. The van der Waals surface area contributed by atoms with Crippen molar-refractivity contribution in [2.24, 2.45) is 0 Å². The van der Waals surface area contributed by atoms with Gasteiger partial charge < -0.3 is 0 Å². The number of aromatic amines is 1. The Bertz CT molecular complexity index is 1610. The fraction of sp³-hybridized carbons (Fsp3) is 0.172. The maximum atomic E-state index is 14.0. The zero-order valence-electron chi connectivity index (χ0n) is 20.8. The molecule has 0 bridgehead atoms. The van der Waals surface area contributed by atoms with E-state index in [1.54, 1.807) is 35.2 Å². The van der Waals surface area contributed by atoms with Crippen LogP contribution in [0.3, 0.4) is 0 Å². The van der Waals surface area contributed by atoms with Crippen molar-refractivity contribution in [3.8, 4) is 5.69 Å². The first kappa shape index (κ1) is 24.1. The van der Waals surface area contributed by atoms with Crippen molar-refractivity contribution >= 4 is 28.8 Å². The van der Waals surface area contributed by atoms with Crippen LogP contribution in [0.5, 0.6) is 0 Å². The number of nitrogens with one attached hydrogen (secondary N) is 1. The minimum absolute atomic E-state index is 0.0340. The average molecular weight is 498 g/mol. The van der Waals surface area contributed by atoms with E-state index in [2.05, 4.69) is 5.10 Å². The summed E-state index contributed by atoms with van der Waals surface area (Å²) in [5.41, 5.74) is 3.05. The number of carbonyl (C=O) groups excluding carboxylic acids is 2. The summed E-state index contributed by atoms with van der Waals surface area (Å²) in [5, 5.41) is 3.10. The second-order valence-electron chi connectivity index (χ2n) is 9.13. The van der Waals surface area contributed by atoms with E-state index in [4.69, 9.17) is 0 Å². The van der Waals surface area contributed by atoms with Gasteiger partial charge in [-0.3, -0.25) is 19.5 Å². The van der Waals surface area contributed by atoms with Crippen molar-refractivity contribution in [1.29, 1.82) is 0 Å². The van der Waals surface area contributed by atoms with Gasteiger partial charge in [-0.25, -0.2) is 14.0 Å². The van der Waals surface area contributed by atoms with E-state index in [0.29, 0.717) is 29.9 Å². The van der Waals surface area contributed by atoms with Crippen LogP contribution in [0.2, 0.25) is 0 Å². The van der Waals surface area contributed by atoms with Crippen LogP contribution >= 0.6 is 0 Å². The summed E-state index contributed by atoms with van der Waals surface area (Å²) < 4.78 is 16.4. The molecule has 2 aromatic heterocycles. The van der Waals surface area contributed by atoms with Gasteiger partial charge in [0.05, 0.1) is 16.9 Å². The molecule has 3 heterocycles. The van der Waals surface area contributed by atoms with E-state index < -0.39 is 23.2 Å². The Labute approximate surface area is 213 Å². The fourth-order valence-electron chi connectivity index (χ4n) is 4.59. The van der Waals surface area contributed by atoms with E-state index >= 15 is 0 Å². The highest BCUT2D eigenvalue weighted by Gasteiger charge is 2.48. The molecular formula is C29H26FN4O3+. The van der Waals surface area contributed by atoms with Crippen molar-refractivity contribution < 1.29 is 18.5 Å². The number of carbonyl (C=O) groups is 2. The third-order valence-electron chi connectivity index (χ3n) is 6.36. The molecule has 8 heteroatoms. The molecule has 0 saturated carbocycles. The van der Waals surface area contributed by atoms with E-state index in [1.807, 2.05) is 39.0 Å². The van der Waals surface area contributed by atoms with Gasteiger partial charge in [0.15, 0.2) is 12.4 Å². The molecule has 37 heavy (non-hydrogen) atoms. The number of hydrogen-bond donors (Lipinski definition) is 1. The number of rotatable bonds is 6. The Morgan fingerprint density at radius 2 is 1.54 bits per heavy atom. The normalized spacial score (nSPS) is 13.7. The number of aryl methyl sites for hydroxylation is 3. The number of hydrogen-bond acceptors (Lipinski definition) is 3. The Balaban J connectivity index is 1.78. The van der Waals surface area contributed by atoms with E-state index in [-0.39, 0.29) is 16.8 Å². The number of nitrogens with zero attached hydrogens (tertiary/aromatic N) is 3. The van der Waals surface area contributed by atoms with Crippen molar-refractivity contribution in [3.63, 3.8) is 0 Å². The summed E-state index contributed by atoms with van der Waals surface area (Å²) in [6.07, 6.45) is 4.61. The molecular weight excluding hydrogens is 471 g/mol. The number of halogens is 1. The summed E-state index contributed by atoms with van der Waals surface area (Å²) in [6.45, 7) is 5.77. The van der Waals surface area contributed by atoms with Crippen molar-refractivity contribution in [3.05, 3.63) is 112 Å². The third kappa shape index (κ3) is 4.20. The number of imide groups is 1. The van der Waals surface area contributed by atoms with E-state index in [0.717, 1.165) is 16.0 Å². The molecule has 0 unspecified atom stereocenters. The largest absolute Gasteiger partial charge is 0.331 e. The first-order valence-electron chi connectivity index (χ1n) is 12.1. The molecule has 0 saturated heterocycles. The molecule has 0 fully saturated rings. The highest BCUT2D eigenvalue weighted by Crippen LogP contribution is 2.34. The average Bonchev–Trinajstić information content (AvgIpc) is 3.32. The zero-order chi connectivity index (χ0) is 26.3. The summed E-state index contributed by atoms with van der Waals surface area (Å²) >= 11 is 0. The van der Waals surface area contributed by atoms with Gasteiger partial charge in [-0.15, -0.1) is 0 Å². The minimum atomic E-state index is -0.572. The molecule has 7 nitrogen and oxygen atoms in total. The quantitative estimate of drug-likeness (QED) is 0.322. The van der Waals surface area contributed by atoms with Crippen LogP contribution in [-0.4, -0.2) is 21.6 Å². The van der Waals surface area contributed by atoms with Crippen LogP contribution in [0.1, 0.15) is 35.7 Å². The molecule has 1 aliphatic heterocycles. The molecule has 0 atom stereocenters. The van der Waals surface area contributed by atoms with Gasteiger partial charge in [0.25, 0.3) is 17.2 Å². The lowest BCUT2D eigenvalue weighted by Gasteiger charge is -2.14. The van der Waals surface area contributed by atoms with Crippen LogP contribution in [-0.2, 0) is 16.0 Å². The van der Waals surface area contributed by atoms with Crippen LogP contribution in [0, 0.1) is 19.7 Å². The van der Waals surface area contributed by atoms with E-state index in [1.165, 1.54) is 28.9 Å². The molecule has 2 aromatic carbocycles. The predicted molar refractivity (Wildman–Crippen MR) is 138 cm³/mol. The molecule has 186 valence electrons. The summed E-state index contributed by atoms with van der Waals surface area (Å²) in [6, 6.07) is 16.2. The SMILES string of the molecule is CCCc1[nH]n(-c2ccc(F)cc2)c(=O)c1C1=C([n+]2cccc(C)c2)C(=O)N(c2ccc(C)cc2)C1=O. The topological polar surface area (TPSA) is 79.1 Å². The Morgan fingerprint density at radius 3 is 2.19 bits per heavy atom. The van der Waals surface area contributed by atoms with E-state index in [9.17, 15) is 18.8 Å². The van der Waals surface area contributed by atoms with Gasteiger partial charge in [0.2, 0.25) is 0 Å². The smallest absolute Gasteiger partial charge is 0.294 e. The van der Waals surface area contributed by atoms with Gasteiger partial charge in [0.1, 0.15) is 11.4 Å². The Hall–Kier alpha value is -4.59. The van der Waals surface area contributed by atoms with Crippen molar-refractivity contribution in [2.45, 2.75) is 33.6 Å². The minimum Gasteiger partial charge on any atom is -0.294 e. The Kier molecular flexibility index (Phi) is 6.17. The number of aromatic nitrogens is 3. The van der Waals surface area contributed by atoms with Crippen LogP contribution in [0.15, 0.2) is 77.9 Å². The lowest BCUT2D eigenvalue weighted by molar-refractivity contribution is -0.577. The number of amides is 2. The molecule has 2 amide bonds. The molecule has 1 aliphatic rings. The highest BCUT2D eigenvalue weighted by molar-refractivity contribution is 6.53. The number of anilines is 1. The summed E-state index contributed by atoms with van der Waals surface area (Å²) in [5.74, 6) is -1.52. The molecule has 1 N–H and O–H groups in total. The highest BCUT2D eigenvalue weighted by atomic mass is 19.1. The van der Waals surface area contributed by atoms with Gasteiger partial charge in [0, 0.05) is 17.3 Å². The van der Waals surface area contributed by atoms with Crippen LogP contribution < -0.4 is 15.0 Å². The molecule has 5 rings (SSSR count). The van der Waals surface area contributed by atoms with Crippen LogP contribution in [0.25, 0.3) is 17.0 Å². The van der Waals surface area contributed by atoms with Gasteiger partial charge in [-0.2, -0.15) is 4.57 Å². The van der Waals surface area contributed by atoms with Crippen molar-refractivity contribution in [1.82, 2.24) is 9.78 Å². The maximum Gasteiger partial charge on any atom is 0.331 e. The lowest BCUT2D eigenvalue weighted by atomic mass is 10.0. The fourth-order valence-corrected chi connectivity index (χ4v) is 4.59. The second-order valence-corrected chi connectivity index (χ2v) is 9.13. The molecule has 0 spiro atoms. The standard InChI is InChI=1S/C29H25FN4O3/c1-4-6-23-24(28(36)34(31-23)22-14-10-20(30)11-15-22)25-26(32-16-5-7-19(3)17-32)29(37)33(27(25)35)21-12-8-18(2)9-13-21/h5,7-17H,4,6H2,1-3H3/p+1. The molecule has 4 aromatic rings. The molecule has 0 aliphatic carbocycles. The van der Waals surface area contributed by atoms with Gasteiger partial charge >= 0.3 is 5.91 Å². The monoisotopic (exact) mass is 497 g/mol. The summed E-state index contributed by atoms with van der Waals surface area (Å²) in [4.78, 5) is 42.8. The summed E-state index contributed by atoms with van der Waals surface area (Å²) in [7, 11) is 0. The zero-order valence-corrected chi connectivity index (χ0v) is 20.8. The first-order valence-corrected chi connectivity index (χ1v) is 12.1. The first-order chi connectivity index (χ1) is 17.8. The number of benzene rings is 2. The molecule has 0 radical (unpaired) electrons. The second kappa shape index (κ2) is 9.46. The Morgan fingerprint density at radius 1 is 0.865 bits per heavy atom. The number of pyridine rings is 1. The third-order valence-corrected chi connectivity index (χ3v) is 6.36.